The van der Waals surface area contributed by atoms with Gasteiger partial charge in [-0.15, -0.1) is 0 Å². The van der Waals surface area contributed by atoms with E-state index in [1.165, 1.54) is 4.57 Å². The van der Waals surface area contributed by atoms with Gasteiger partial charge >= 0.3 is 11.7 Å². The highest BCUT2D eigenvalue weighted by molar-refractivity contribution is 5.96. The molecule has 0 bridgehead atoms. The molecular weight excluding hydrogens is 446 g/mol. The maximum Gasteiger partial charge on any atom is 0.332 e. The molecule has 0 radical (unpaired) electrons. The van der Waals surface area contributed by atoms with Gasteiger partial charge in [0, 0.05) is 17.8 Å². The first kappa shape index (κ1) is 23.7. The molecule has 1 atom stereocenters. The molecule has 0 spiro atoms. The van der Waals surface area contributed by atoms with Gasteiger partial charge in [0.2, 0.25) is 6.10 Å². The van der Waals surface area contributed by atoms with E-state index in [0.717, 1.165) is 10.1 Å². The normalized spacial score (nSPS) is 11.7. The molecule has 0 fully saturated rings. The first-order chi connectivity index (χ1) is 16.9. The van der Waals surface area contributed by atoms with E-state index in [2.05, 4.69) is 5.32 Å². The molecule has 0 saturated heterocycles. The Balaban J connectivity index is 1.65. The average Bonchev–Trinajstić information content (AvgIpc) is 2.87. The van der Waals surface area contributed by atoms with Crippen molar-refractivity contribution in [1.82, 2.24) is 9.13 Å². The van der Waals surface area contributed by atoms with Crippen molar-refractivity contribution in [2.75, 3.05) is 5.32 Å². The molecule has 1 unspecified atom stereocenters. The van der Waals surface area contributed by atoms with Gasteiger partial charge in [0.1, 0.15) is 6.54 Å². The minimum absolute atomic E-state index is 0.156. The maximum absolute atomic E-state index is 13.1. The Bertz CT molecular complexity index is 1490. The van der Waals surface area contributed by atoms with Crippen LogP contribution in [0.2, 0.25) is 0 Å². The number of fused-ring (bicyclic) bond motifs is 1. The van der Waals surface area contributed by atoms with Crippen LogP contribution in [-0.2, 0) is 27.4 Å². The van der Waals surface area contributed by atoms with E-state index < -0.39 is 35.8 Å². The number of rotatable bonds is 7. The number of aromatic nitrogens is 2. The second-order valence-electron chi connectivity index (χ2n) is 8.07. The topological polar surface area (TPSA) is 99.4 Å². The summed E-state index contributed by atoms with van der Waals surface area (Å²) in [6, 6.07) is 22.5. The van der Waals surface area contributed by atoms with Crippen molar-refractivity contribution >= 4 is 28.5 Å². The van der Waals surface area contributed by atoms with Crippen LogP contribution in [0.1, 0.15) is 24.2 Å². The molecule has 8 heteroatoms. The maximum atomic E-state index is 13.1. The summed E-state index contributed by atoms with van der Waals surface area (Å²) >= 11 is 0. The van der Waals surface area contributed by atoms with Gasteiger partial charge < -0.3 is 10.1 Å². The number of nitrogens with zero attached hydrogens (tertiary/aromatic N) is 2. The molecule has 0 aliphatic heterocycles. The SMILES string of the molecule is CCn1c(=O)c2ccccc2n(CC(=O)OC(C(=O)Nc2ccc(C)cc2)c2ccccc2)c1=O. The van der Waals surface area contributed by atoms with E-state index in [4.69, 9.17) is 4.74 Å². The number of amides is 1. The molecule has 0 aliphatic rings. The van der Waals surface area contributed by atoms with Crippen LogP contribution in [-0.4, -0.2) is 21.0 Å². The van der Waals surface area contributed by atoms with Gasteiger partial charge in [0.15, 0.2) is 0 Å². The van der Waals surface area contributed by atoms with Crippen molar-refractivity contribution in [2.45, 2.75) is 33.0 Å². The average molecular weight is 472 g/mol. The molecule has 0 saturated carbocycles. The Morgan fingerprint density at radius 2 is 1.54 bits per heavy atom. The van der Waals surface area contributed by atoms with E-state index in [-0.39, 0.29) is 6.54 Å². The Morgan fingerprint density at radius 1 is 0.886 bits per heavy atom. The van der Waals surface area contributed by atoms with Crippen LogP contribution < -0.4 is 16.6 Å². The fourth-order valence-corrected chi connectivity index (χ4v) is 3.85. The molecule has 1 aromatic heterocycles. The highest BCUT2D eigenvalue weighted by atomic mass is 16.5. The number of anilines is 1. The highest BCUT2D eigenvalue weighted by Crippen LogP contribution is 2.21. The Kier molecular flexibility index (Phi) is 6.91. The number of benzene rings is 3. The number of hydrogen-bond donors (Lipinski definition) is 1. The molecular formula is C27H25N3O5. The molecule has 8 nitrogen and oxygen atoms in total. The summed E-state index contributed by atoms with van der Waals surface area (Å²) < 4.78 is 7.87. The number of hydrogen-bond acceptors (Lipinski definition) is 5. The number of ether oxygens (including phenoxy) is 1. The van der Waals surface area contributed by atoms with Crippen LogP contribution in [0.5, 0.6) is 0 Å². The number of aryl methyl sites for hydroxylation is 1. The smallest absolute Gasteiger partial charge is 0.332 e. The monoisotopic (exact) mass is 471 g/mol. The molecule has 35 heavy (non-hydrogen) atoms. The van der Waals surface area contributed by atoms with Crippen molar-refractivity contribution in [3.63, 3.8) is 0 Å². The van der Waals surface area contributed by atoms with E-state index in [1.807, 2.05) is 19.1 Å². The van der Waals surface area contributed by atoms with Crippen molar-refractivity contribution in [2.24, 2.45) is 0 Å². The van der Waals surface area contributed by atoms with Crippen molar-refractivity contribution in [1.29, 1.82) is 0 Å². The summed E-state index contributed by atoms with van der Waals surface area (Å²) in [5.41, 5.74) is 1.38. The van der Waals surface area contributed by atoms with Crippen molar-refractivity contribution < 1.29 is 14.3 Å². The van der Waals surface area contributed by atoms with Crippen LogP contribution in [0.4, 0.5) is 5.69 Å². The number of carbonyl (C=O) groups is 2. The Labute approximate surface area is 201 Å². The number of para-hydroxylation sites is 1. The summed E-state index contributed by atoms with van der Waals surface area (Å²) in [6.45, 7) is 3.32. The van der Waals surface area contributed by atoms with Crippen molar-refractivity contribution in [3.05, 3.63) is 111 Å². The first-order valence-corrected chi connectivity index (χ1v) is 11.2. The number of esters is 1. The number of carbonyl (C=O) groups excluding carboxylic acids is 2. The largest absolute Gasteiger partial charge is 0.446 e. The van der Waals surface area contributed by atoms with Crippen LogP contribution in [0.15, 0.2) is 88.5 Å². The lowest BCUT2D eigenvalue weighted by Crippen LogP contribution is -2.41. The zero-order valence-electron chi connectivity index (χ0n) is 19.4. The zero-order valence-corrected chi connectivity index (χ0v) is 19.4. The number of nitrogens with one attached hydrogen (secondary N) is 1. The van der Waals surface area contributed by atoms with Gasteiger partial charge in [-0.25, -0.2) is 4.79 Å². The van der Waals surface area contributed by atoms with E-state index in [1.54, 1.807) is 73.7 Å². The lowest BCUT2D eigenvalue weighted by molar-refractivity contribution is -0.155. The molecule has 1 N–H and O–H groups in total. The summed E-state index contributed by atoms with van der Waals surface area (Å²) in [4.78, 5) is 51.7. The summed E-state index contributed by atoms with van der Waals surface area (Å²) in [5, 5.41) is 3.09. The molecule has 4 aromatic rings. The van der Waals surface area contributed by atoms with Crippen LogP contribution in [0.3, 0.4) is 0 Å². The van der Waals surface area contributed by atoms with Gasteiger partial charge in [-0.1, -0.05) is 60.2 Å². The van der Waals surface area contributed by atoms with Crippen LogP contribution >= 0.6 is 0 Å². The quantitative estimate of drug-likeness (QED) is 0.417. The fourth-order valence-electron chi connectivity index (χ4n) is 3.85. The second kappa shape index (κ2) is 10.2. The van der Waals surface area contributed by atoms with Gasteiger partial charge in [-0.05, 0) is 38.1 Å². The lowest BCUT2D eigenvalue weighted by atomic mass is 10.1. The lowest BCUT2D eigenvalue weighted by Gasteiger charge is -2.19. The Morgan fingerprint density at radius 3 is 2.23 bits per heavy atom. The van der Waals surface area contributed by atoms with Crippen LogP contribution in [0.25, 0.3) is 10.9 Å². The standard InChI is InChI=1S/C27H25N3O5/c1-3-29-26(33)21-11-7-8-12-22(21)30(27(29)34)17-23(31)35-24(19-9-5-4-6-10-19)25(32)28-20-15-13-18(2)14-16-20/h4-16,24H,3,17H2,1-2H3,(H,28,32). The molecule has 3 aromatic carbocycles. The minimum atomic E-state index is -1.23. The zero-order chi connectivity index (χ0) is 24.9. The van der Waals surface area contributed by atoms with Gasteiger partial charge in [-0.2, -0.15) is 0 Å². The summed E-state index contributed by atoms with van der Waals surface area (Å²) in [7, 11) is 0. The van der Waals surface area contributed by atoms with Crippen LogP contribution in [0, 0.1) is 6.92 Å². The predicted molar refractivity (Wildman–Crippen MR) is 133 cm³/mol. The van der Waals surface area contributed by atoms with Gasteiger partial charge in [0.25, 0.3) is 11.5 Å². The molecule has 1 heterocycles. The Hall–Kier alpha value is -4.46. The minimum Gasteiger partial charge on any atom is -0.446 e. The predicted octanol–water partition coefficient (Wildman–Crippen LogP) is 3.41. The third-order valence-electron chi connectivity index (χ3n) is 5.64. The summed E-state index contributed by atoms with van der Waals surface area (Å²) in [5.74, 6) is -1.31. The molecule has 1 amide bonds. The third kappa shape index (κ3) is 5.06. The fraction of sp³-hybridized carbons (Fsp3) is 0.185. The van der Waals surface area contributed by atoms with E-state index in [9.17, 15) is 19.2 Å². The second-order valence-corrected chi connectivity index (χ2v) is 8.07. The molecule has 178 valence electrons. The van der Waals surface area contributed by atoms with E-state index in [0.29, 0.717) is 22.2 Å². The van der Waals surface area contributed by atoms with Gasteiger partial charge in [-0.3, -0.25) is 23.5 Å². The third-order valence-corrected chi connectivity index (χ3v) is 5.64. The summed E-state index contributed by atoms with van der Waals surface area (Å²) in [6.07, 6.45) is -1.23. The molecule has 4 rings (SSSR count). The van der Waals surface area contributed by atoms with Crippen molar-refractivity contribution in [3.8, 4) is 0 Å². The van der Waals surface area contributed by atoms with Gasteiger partial charge in [0.05, 0.1) is 10.9 Å². The molecule has 0 aliphatic carbocycles. The van der Waals surface area contributed by atoms with E-state index >= 15 is 0 Å². The first-order valence-electron chi connectivity index (χ1n) is 11.2. The highest BCUT2D eigenvalue weighted by Gasteiger charge is 2.26.